The Balaban J connectivity index is 1.53. The van der Waals surface area contributed by atoms with Gasteiger partial charge in [0.25, 0.3) is 0 Å². The highest BCUT2D eigenvalue weighted by atomic mass is 16.5. The van der Waals surface area contributed by atoms with Crippen LogP contribution in [0, 0.1) is 22.7 Å². The molecule has 0 radical (unpaired) electrons. The van der Waals surface area contributed by atoms with Crippen LogP contribution in [-0.4, -0.2) is 17.2 Å². The number of aliphatic hydroxyl groups is 1. The Morgan fingerprint density at radius 1 is 1.32 bits per heavy atom. The molecule has 3 nitrogen and oxygen atoms in total. The molecule has 1 spiro atoms. The lowest BCUT2D eigenvalue weighted by atomic mass is 9.47. The van der Waals surface area contributed by atoms with Gasteiger partial charge in [0, 0.05) is 23.7 Å². The molecule has 0 amide bonds. The molecule has 4 aliphatic carbocycles. The predicted molar refractivity (Wildman–Crippen MR) is 95.3 cm³/mol. The highest BCUT2D eigenvalue weighted by Crippen LogP contribution is 2.72. The standard InChI is InChI=1S/C22H26O3/c1-13(23)25-16-4-5-17-14(11-16)3-6-19-18(17)8-9-21(2)20(24)15-7-10-22(19,21)12-15/h4-5,7,10-11,15,18-20,24H,3,6,8-9,12H2,1-2H3/t15-,18+,19+,20+,21+,22+/m0/s1. The average Bonchev–Trinajstić information content (AvgIpc) is 3.11. The quantitative estimate of drug-likeness (QED) is 0.478. The summed E-state index contributed by atoms with van der Waals surface area (Å²) in [7, 11) is 0. The number of carbonyl (C=O) groups is 1. The van der Waals surface area contributed by atoms with Crippen LogP contribution in [0.3, 0.4) is 0 Å². The van der Waals surface area contributed by atoms with E-state index in [1.54, 1.807) is 0 Å². The third-order valence-corrected chi connectivity index (χ3v) is 7.96. The van der Waals surface area contributed by atoms with Crippen molar-refractivity contribution in [3.63, 3.8) is 0 Å². The van der Waals surface area contributed by atoms with Crippen LogP contribution in [0.2, 0.25) is 0 Å². The topological polar surface area (TPSA) is 46.5 Å². The van der Waals surface area contributed by atoms with Crippen LogP contribution in [0.15, 0.2) is 30.4 Å². The van der Waals surface area contributed by atoms with Crippen molar-refractivity contribution < 1.29 is 14.6 Å². The number of carbonyl (C=O) groups excluding carboxylic acids is 1. The predicted octanol–water partition coefficient (Wildman–Crippen LogP) is 4.00. The van der Waals surface area contributed by atoms with Crippen LogP contribution < -0.4 is 4.74 Å². The normalized spacial score (nSPS) is 43.3. The molecule has 0 saturated heterocycles. The minimum atomic E-state index is -0.261. The maximum atomic E-state index is 11.2. The number of rotatable bonds is 1. The van der Waals surface area contributed by atoms with Gasteiger partial charge in [0.15, 0.2) is 0 Å². The van der Waals surface area contributed by atoms with Crippen LogP contribution in [-0.2, 0) is 11.2 Å². The first-order valence-corrected chi connectivity index (χ1v) is 9.63. The van der Waals surface area contributed by atoms with E-state index in [1.807, 2.05) is 6.07 Å². The van der Waals surface area contributed by atoms with Gasteiger partial charge >= 0.3 is 5.97 Å². The number of benzene rings is 1. The van der Waals surface area contributed by atoms with E-state index in [4.69, 9.17) is 4.74 Å². The molecule has 132 valence electrons. The van der Waals surface area contributed by atoms with Crippen molar-refractivity contribution in [3.05, 3.63) is 41.5 Å². The van der Waals surface area contributed by atoms with Gasteiger partial charge in [-0.2, -0.15) is 0 Å². The van der Waals surface area contributed by atoms with Crippen LogP contribution in [0.4, 0.5) is 0 Å². The fourth-order valence-electron chi connectivity index (χ4n) is 6.84. The Morgan fingerprint density at radius 3 is 2.96 bits per heavy atom. The Bertz CT molecular complexity index is 781. The molecule has 0 aliphatic heterocycles. The second kappa shape index (κ2) is 4.97. The highest BCUT2D eigenvalue weighted by molar-refractivity contribution is 5.69. The van der Waals surface area contributed by atoms with E-state index in [-0.39, 0.29) is 22.9 Å². The lowest BCUT2D eigenvalue weighted by Gasteiger charge is -2.57. The fraction of sp³-hybridized carbons (Fsp3) is 0.591. The van der Waals surface area contributed by atoms with Crippen molar-refractivity contribution in [1.29, 1.82) is 0 Å². The average molecular weight is 338 g/mol. The van der Waals surface area contributed by atoms with Gasteiger partial charge in [0.1, 0.15) is 5.75 Å². The van der Waals surface area contributed by atoms with Crippen molar-refractivity contribution in [2.24, 2.45) is 22.7 Å². The molecule has 4 aliphatic rings. The first-order chi connectivity index (χ1) is 11.9. The van der Waals surface area contributed by atoms with Crippen molar-refractivity contribution in [2.45, 2.75) is 58.0 Å². The smallest absolute Gasteiger partial charge is 0.308 e. The van der Waals surface area contributed by atoms with Crippen LogP contribution >= 0.6 is 0 Å². The summed E-state index contributed by atoms with van der Waals surface area (Å²) in [6, 6.07) is 6.20. The largest absolute Gasteiger partial charge is 0.427 e. The number of esters is 1. The summed E-state index contributed by atoms with van der Waals surface area (Å²) in [5.41, 5.74) is 3.01. The molecule has 5 rings (SSSR count). The molecule has 1 aromatic carbocycles. The lowest BCUT2D eigenvalue weighted by molar-refractivity contribution is -0.131. The molecule has 1 N–H and O–H groups in total. The van der Waals surface area contributed by atoms with Gasteiger partial charge in [-0.25, -0.2) is 0 Å². The Kier molecular flexibility index (Phi) is 3.11. The highest BCUT2D eigenvalue weighted by Gasteiger charge is 2.67. The van der Waals surface area contributed by atoms with Gasteiger partial charge in [0.05, 0.1) is 6.10 Å². The lowest BCUT2D eigenvalue weighted by Crippen LogP contribution is -2.52. The van der Waals surface area contributed by atoms with Gasteiger partial charge in [-0.05, 0) is 67.2 Å². The molecule has 0 heterocycles. The zero-order valence-corrected chi connectivity index (χ0v) is 15.0. The maximum absolute atomic E-state index is 11.2. The molecule has 6 atom stereocenters. The molecular formula is C22H26O3. The maximum Gasteiger partial charge on any atom is 0.308 e. The van der Waals surface area contributed by atoms with Gasteiger partial charge in [-0.15, -0.1) is 0 Å². The van der Waals surface area contributed by atoms with E-state index in [0.717, 1.165) is 25.7 Å². The second-order valence-corrected chi connectivity index (χ2v) is 8.87. The number of ether oxygens (including phenoxy) is 1. The zero-order valence-electron chi connectivity index (χ0n) is 15.0. The van der Waals surface area contributed by atoms with Crippen molar-refractivity contribution >= 4 is 5.97 Å². The van der Waals surface area contributed by atoms with E-state index in [0.29, 0.717) is 23.5 Å². The molecule has 2 fully saturated rings. The molecule has 0 aromatic heterocycles. The van der Waals surface area contributed by atoms with Crippen LogP contribution in [0.5, 0.6) is 5.75 Å². The van der Waals surface area contributed by atoms with E-state index >= 15 is 0 Å². The van der Waals surface area contributed by atoms with Crippen molar-refractivity contribution in [2.75, 3.05) is 0 Å². The van der Waals surface area contributed by atoms with Gasteiger partial charge in [-0.1, -0.05) is 25.1 Å². The number of allylic oxidation sites excluding steroid dienone is 1. The molecule has 1 aromatic rings. The number of fused-ring (bicyclic) bond motifs is 4. The van der Waals surface area contributed by atoms with E-state index < -0.39 is 0 Å². The second-order valence-electron chi connectivity index (χ2n) is 8.87. The molecular weight excluding hydrogens is 312 g/mol. The Labute approximate surface area is 149 Å². The summed E-state index contributed by atoms with van der Waals surface area (Å²) in [6.45, 7) is 3.78. The third kappa shape index (κ3) is 1.88. The van der Waals surface area contributed by atoms with Crippen molar-refractivity contribution in [3.8, 4) is 5.75 Å². The van der Waals surface area contributed by atoms with E-state index in [9.17, 15) is 9.90 Å². The monoisotopic (exact) mass is 338 g/mol. The minimum Gasteiger partial charge on any atom is -0.427 e. The molecule has 25 heavy (non-hydrogen) atoms. The molecule has 2 bridgehead atoms. The summed E-state index contributed by atoms with van der Waals surface area (Å²) in [6.07, 6.45) is 10.2. The van der Waals surface area contributed by atoms with E-state index in [1.165, 1.54) is 24.5 Å². The summed E-state index contributed by atoms with van der Waals surface area (Å²) >= 11 is 0. The van der Waals surface area contributed by atoms with Gasteiger partial charge in [0.2, 0.25) is 0 Å². The summed E-state index contributed by atoms with van der Waals surface area (Å²) in [5, 5.41) is 10.9. The first kappa shape index (κ1) is 15.6. The number of aliphatic hydroxyl groups excluding tert-OH is 1. The summed E-state index contributed by atoms with van der Waals surface area (Å²) in [5.74, 6) is 1.95. The van der Waals surface area contributed by atoms with Gasteiger partial charge < -0.3 is 9.84 Å². The molecule has 3 heteroatoms. The third-order valence-electron chi connectivity index (χ3n) is 7.96. The molecule has 2 saturated carbocycles. The van der Waals surface area contributed by atoms with Crippen LogP contribution in [0.25, 0.3) is 0 Å². The van der Waals surface area contributed by atoms with Crippen molar-refractivity contribution in [1.82, 2.24) is 0 Å². The number of aryl methyl sites for hydroxylation is 1. The van der Waals surface area contributed by atoms with Gasteiger partial charge in [-0.3, -0.25) is 4.79 Å². The summed E-state index contributed by atoms with van der Waals surface area (Å²) < 4.78 is 5.28. The van der Waals surface area contributed by atoms with Crippen LogP contribution in [0.1, 0.15) is 56.6 Å². The number of hydrogen-bond donors (Lipinski definition) is 1. The first-order valence-electron chi connectivity index (χ1n) is 9.63. The van der Waals surface area contributed by atoms with E-state index in [2.05, 4.69) is 31.2 Å². The molecule has 0 unspecified atom stereocenters. The fourth-order valence-corrected chi connectivity index (χ4v) is 6.84. The number of hydrogen-bond acceptors (Lipinski definition) is 3. The zero-order chi connectivity index (χ0) is 17.4. The Morgan fingerprint density at radius 2 is 2.16 bits per heavy atom. The summed E-state index contributed by atoms with van der Waals surface area (Å²) in [4.78, 5) is 11.2. The minimum absolute atomic E-state index is 0.0444. The Hall–Kier alpha value is -1.61. The SMILES string of the molecule is CC(=O)Oc1ccc2c(c1)CC[C@@H]1[C@@H]2CC[C@]2(C)[C@H](O)[C@H]3C=C[C@@]12C3.